The maximum absolute atomic E-state index is 14.4. The normalized spacial score (nSPS) is 14.6. The minimum absolute atomic E-state index is 0.00131. The fourth-order valence-electron chi connectivity index (χ4n) is 18.0. The average Bonchev–Trinajstić information content (AvgIpc) is 1.64. The third-order valence-corrected chi connectivity index (χ3v) is 32.8. The Kier molecular flexibility index (Phi) is 35.6. The van der Waals surface area contributed by atoms with Gasteiger partial charge in [0, 0.05) is 189 Å². The Bertz CT molecular complexity index is 6910. The molecule has 4 saturated heterocycles. The molecule has 4 fully saturated rings. The quantitative estimate of drug-likeness (QED) is 0.0305. The van der Waals surface area contributed by atoms with Crippen LogP contribution in [0.25, 0.3) is 51.1 Å². The second-order valence-corrected chi connectivity index (χ2v) is 43.2. The molecule has 0 amide bonds. The number of likely N-dealkylation sites (tertiary alicyclic amines) is 1. The number of methoxy groups -OCH3 is 3. The van der Waals surface area contributed by atoms with Gasteiger partial charge in [0.15, 0.2) is 0 Å². The molecule has 34 heteroatoms. The molecule has 0 bridgehead atoms. The van der Waals surface area contributed by atoms with E-state index in [1.54, 1.807) is 84.6 Å². The molecule has 0 spiro atoms. The van der Waals surface area contributed by atoms with Gasteiger partial charge in [0.2, 0.25) is 38.9 Å². The number of piperidine rings is 1. The number of benzene rings is 5. The zero-order valence-corrected chi connectivity index (χ0v) is 87.6. The monoisotopic (exact) mass is 2060 g/mol. The SMILES string of the molecule is CCOc1ccc(C(=O)c2cc3cc(C)n(CCN4CCOCC4)c3s2)c(F)c1.COc1ccc(C(=O)c2cc3cc(C)n(CCCNS(C)(=O)=O)c3s2)c(F)c1.COc1ccc(C(=O)c2cc3cc(C)n(CCN4CCCCC4)c3s2)c(Cl)c1.COc1ccc(C(=O)c2cc3cc(C)n(CCN4CCOCC4)c3s2)c(C)c1.Cc1ccc(C(=O)c2cc3cc(C)n(CCN4CCOCC4)c3s2)c(Cl)c1. The van der Waals surface area contributed by atoms with Crippen LogP contribution in [0.15, 0.2) is 152 Å². The van der Waals surface area contributed by atoms with Crippen molar-refractivity contribution in [1.82, 2.24) is 47.2 Å². The van der Waals surface area contributed by atoms with Crippen LogP contribution in [0.3, 0.4) is 0 Å². The van der Waals surface area contributed by atoms with Crippen molar-refractivity contribution in [1.29, 1.82) is 0 Å². The highest BCUT2D eigenvalue weighted by Crippen LogP contribution is 2.39. The number of halogens is 4. The molecule has 10 aromatic heterocycles. The van der Waals surface area contributed by atoms with Crippen molar-refractivity contribution in [2.75, 3.05) is 159 Å². The molecule has 0 aliphatic carbocycles. The number of nitrogens with one attached hydrogen (secondary N) is 1. The smallest absolute Gasteiger partial charge is 0.208 e. The lowest BCUT2D eigenvalue weighted by Crippen LogP contribution is -2.38. The average molecular weight is 2060 g/mol. The lowest BCUT2D eigenvalue weighted by atomic mass is 10.0. The zero-order valence-electron chi connectivity index (χ0n) is 81.1. The van der Waals surface area contributed by atoms with Crippen molar-refractivity contribution in [2.24, 2.45) is 0 Å². The summed E-state index contributed by atoms with van der Waals surface area (Å²) in [7, 11) is 1.46. The first kappa shape index (κ1) is 104. The summed E-state index contributed by atoms with van der Waals surface area (Å²) in [6.45, 7) is 38.4. The molecule has 14 heterocycles. The van der Waals surface area contributed by atoms with Crippen LogP contribution in [0.1, 0.15) is 148 Å². The van der Waals surface area contributed by atoms with E-state index < -0.39 is 21.7 Å². The summed E-state index contributed by atoms with van der Waals surface area (Å²) in [6.07, 6.45) is 5.71. The minimum Gasteiger partial charge on any atom is -0.497 e. The van der Waals surface area contributed by atoms with Crippen LogP contribution in [0.2, 0.25) is 10.0 Å². The highest BCUT2D eigenvalue weighted by molar-refractivity contribution is 7.88. The molecule has 0 unspecified atom stereocenters. The number of hydrogen-bond donors (Lipinski definition) is 1. The first-order chi connectivity index (χ1) is 67.4. The van der Waals surface area contributed by atoms with E-state index in [0.29, 0.717) is 74.3 Å². The fourth-order valence-corrected chi connectivity index (χ4v) is 25.0. The number of thiophene rings is 5. The second kappa shape index (κ2) is 47.9. The fraction of sp³-hybridized carbons (Fsp3) is 0.387. The largest absolute Gasteiger partial charge is 0.497 e. The van der Waals surface area contributed by atoms with Crippen LogP contribution in [0.5, 0.6) is 23.0 Å². The van der Waals surface area contributed by atoms with Crippen LogP contribution in [-0.4, -0.2) is 239 Å². The Labute approximate surface area is 845 Å². The lowest BCUT2D eigenvalue weighted by molar-refractivity contribution is 0.0364. The predicted octanol–water partition coefficient (Wildman–Crippen LogP) is 21.3. The predicted molar refractivity (Wildman–Crippen MR) is 562 cm³/mol. The summed E-state index contributed by atoms with van der Waals surface area (Å²) in [4.78, 5) is 83.2. The molecule has 140 heavy (non-hydrogen) atoms. The topological polar surface area (TPSA) is 234 Å². The molecule has 0 atom stereocenters. The molecule has 0 radical (unpaired) electrons. The molecule has 742 valence electrons. The Hall–Kier alpha value is -10.1. The van der Waals surface area contributed by atoms with Crippen LogP contribution in [-0.2, 0) is 57.0 Å². The van der Waals surface area contributed by atoms with Gasteiger partial charge in [-0.2, -0.15) is 0 Å². The summed E-state index contributed by atoms with van der Waals surface area (Å²) < 4.78 is 102. The number of sulfonamides is 1. The summed E-state index contributed by atoms with van der Waals surface area (Å²) in [5.41, 5.74) is 9.82. The van der Waals surface area contributed by atoms with E-state index in [-0.39, 0.29) is 40.0 Å². The third kappa shape index (κ3) is 25.6. The van der Waals surface area contributed by atoms with Gasteiger partial charge >= 0.3 is 0 Å². The Morgan fingerprint density at radius 2 is 0.664 bits per heavy atom. The molecule has 1 N–H and O–H groups in total. The molecule has 15 aromatic rings. The van der Waals surface area contributed by atoms with E-state index in [1.165, 1.54) is 119 Å². The van der Waals surface area contributed by atoms with Crippen LogP contribution in [0, 0.1) is 60.1 Å². The van der Waals surface area contributed by atoms with E-state index in [4.69, 9.17) is 56.4 Å². The number of carbonyl (C=O) groups excluding carboxylic acids is 5. The molecular formula is C106H120Cl2F2N10O14S6. The van der Waals surface area contributed by atoms with Crippen molar-refractivity contribution in [2.45, 2.75) is 114 Å². The summed E-state index contributed by atoms with van der Waals surface area (Å²) >= 11 is 20.1. The molecule has 4 aliphatic heterocycles. The summed E-state index contributed by atoms with van der Waals surface area (Å²) in [5, 5.41) is 6.30. The number of hydrogen-bond acceptors (Lipinski definition) is 23. The van der Waals surface area contributed by atoms with Crippen molar-refractivity contribution in [3.05, 3.63) is 265 Å². The van der Waals surface area contributed by atoms with Crippen molar-refractivity contribution in [3.8, 4) is 23.0 Å². The molecular weight excluding hydrogens is 1940 g/mol. The highest BCUT2D eigenvalue weighted by Gasteiger charge is 2.28. The number of aromatic nitrogens is 5. The first-order valence-electron chi connectivity index (χ1n) is 47.2. The van der Waals surface area contributed by atoms with Crippen LogP contribution < -0.4 is 23.7 Å². The maximum atomic E-state index is 14.4. The number of nitrogens with zero attached hydrogens (tertiary/aromatic N) is 9. The summed E-state index contributed by atoms with van der Waals surface area (Å²) in [6, 6.07) is 45.3. The van der Waals surface area contributed by atoms with Crippen LogP contribution in [0.4, 0.5) is 8.78 Å². The Morgan fingerprint density at radius 1 is 0.364 bits per heavy atom. The number of carbonyl (C=O) groups is 5. The van der Waals surface area contributed by atoms with Crippen molar-refractivity contribution in [3.63, 3.8) is 0 Å². The Balaban J connectivity index is 0.000000132. The van der Waals surface area contributed by atoms with Gasteiger partial charge in [-0.05, 0) is 232 Å². The number of aryl methyl sites for hydroxylation is 8. The van der Waals surface area contributed by atoms with Gasteiger partial charge in [-0.1, -0.05) is 35.7 Å². The van der Waals surface area contributed by atoms with Gasteiger partial charge in [-0.25, -0.2) is 21.9 Å². The van der Waals surface area contributed by atoms with E-state index in [1.807, 2.05) is 99.0 Å². The highest BCUT2D eigenvalue weighted by atomic mass is 35.5. The number of ketones is 5. The standard InChI is InChI=1S/C22H25ClN2O2S.C22H25FN2O3S.C22H26N2O3S.C21H23ClN2O2S.C19H21FN2O4S2/c1-15-12-16-13-20(21(26)18-7-6-17(27-2)14-19(18)23)28-22(16)25(15)11-10-24-8-4-3-5-9-24;1-3-28-17-4-5-18(19(23)14-17)21(26)20-13-16-12-15(2)25(22(16)29-20)7-6-24-8-10-27-11-9-24;1-15-12-18(26-3)4-5-19(15)21(25)20-14-17-13-16(2)24(22(17)28-20)7-6-23-8-10-27-11-9-23;1-14-3-4-17(18(22)11-14)20(25)19-13-16-12-15(2)24(21(16)27-19)6-5-23-7-9-26-10-8-23;1-12-9-13-10-17(18(23)15-6-5-14(26-2)11-16(15)20)27-19(13)22(12)8-4-7-21-28(3,24)25/h6-7,12-14H,3-5,8-11H2,1-2H3;4-5,12-14H,3,6-11H2,1-2H3;4-5,12-14H,6-11H2,1-3H3;3-4,11-13H,5-10H2,1-2H3;5-6,9-11,21H,4,7-8H2,1-3H3. The number of ether oxygens (including phenoxy) is 7. The van der Waals surface area contributed by atoms with E-state index >= 15 is 0 Å². The van der Waals surface area contributed by atoms with Crippen molar-refractivity contribution >= 4 is 170 Å². The number of rotatable bonds is 32. The first-order valence-corrected chi connectivity index (χ1v) is 53.9. The number of fused-ring (bicyclic) bond motifs is 5. The van der Waals surface area contributed by atoms with E-state index in [0.717, 1.165) is 222 Å². The van der Waals surface area contributed by atoms with Gasteiger partial charge in [0.25, 0.3) is 0 Å². The van der Waals surface area contributed by atoms with Gasteiger partial charge in [-0.15, -0.1) is 56.7 Å². The van der Waals surface area contributed by atoms with Gasteiger partial charge in [-0.3, -0.25) is 38.7 Å². The molecule has 5 aromatic carbocycles. The van der Waals surface area contributed by atoms with Crippen molar-refractivity contribution < 1.29 is 74.3 Å². The third-order valence-electron chi connectivity index (χ3n) is 25.6. The maximum Gasteiger partial charge on any atom is 0.208 e. The van der Waals surface area contributed by atoms with Gasteiger partial charge < -0.3 is 60.9 Å². The Morgan fingerprint density at radius 3 is 1.00 bits per heavy atom. The minimum atomic E-state index is -3.21. The van der Waals surface area contributed by atoms with E-state index in [2.05, 4.69) is 94.6 Å². The lowest BCUT2D eigenvalue weighted by Gasteiger charge is -2.26. The van der Waals surface area contributed by atoms with Gasteiger partial charge in [0.1, 0.15) is 58.8 Å². The molecule has 24 nitrogen and oxygen atoms in total. The molecule has 19 rings (SSSR count). The summed E-state index contributed by atoms with van der Waals surface area (Å²) in [5.74, 6) is 0.435. The molecule has 4 aliphatic rings. The van der Waals surface area contributed by atoms with E-state index in [9.17, 15) is 41.2 Å². The molecule has 0 saturated carbocycles. The number of morpholine rings is 3. The van der Waals surface area contributed by atoms with Gasteiger partial charge in [0.05, 0.1) is 119 Å². The van der Waals surface area contributed by atoms with Crippen LogP contribution >= 0.6 is 79.9 Å². The second-order valence-electron chi connectivity index (χ2n) is 35.4. The zero-order chi connectivity index (χ0) is 99.2.